The van der Waals surface area contributed by atoms with E-state index in [1.165, 1.54) is 4.75 Å². The zero-order valence-electron chi connectivity index (χ0n) is 4.41. The van der Waals surface area contributed by atoms with Crippen molar-refractivity contribution in [2.24, 2.45) is 0 Å². The molecule has 0 aromatic rings. The van der Waals surface area contributed by atoms with Crippen molar-refractivity contribution in [3.8, 4) is 0 Å². The molecule has 1 aliphatic rings. The Morgan fingerprint density at radius 3 is 2.17 bits per heavy atom. The Balaban J connectivity index is 2.01. The molecule has 0 heterocycles. The number of hydrogen-bond acceptors (Lipinski definition) is 0. The van der Waals surface area contributed by atoms with Crippen molar-refractivity contribution >= 4 is 15.4 Å². The first-order chi connectivity index (χ1) is 2.93. The summed E-state index contributed by atoms with van der Waals surface area (Å²) >= 11 is 0.0781. The third-order valence-corrected chi connectivity index (χ3v) is 5.94. The van der Waals surface area contributed by atoms with Gasteiger partial charge in [-0.1, -0.05) is 0 Å². The quantitative estimate of drug-likeness (QED) is 0.485. The Bertz CT molecular complexity index is 36.4. The molecule has 1 heteroatoms. The van der Waals surface area contributed by atoms with Gasteiger partial charge in [-0.2, -0.15) is 0 Å². The van der Waals surface area contributed by atoms with Crippen LogP contribution in [-0.4, -0.2) is 15.4 Å². The molecular formula is C5H12Ge. The molecule has 36 valence electrons. The van der Waals surface area contributed by atoms with Gasteiger partial charge in [-0.25, -0.2) is 0 Å². The fourth-order valence-corrected chi connectivity index (χ4v) is 3.83. The first-order valence-corrected chi connectivity index (χ1v) is 7.61. The summed E-state index contributed by atoms with van der Waals surface area (Å²) in [4.78, 5) is 0. The number of hydrogen-bond donors (Lipinski definition) is 0. The second-order valence-electron chi connectivity index (χ2n) is 2.21. The van der Waals surface area contributed by atoms with Crippen LogP contribution in [0.3, 0.4) is 0 Å². The first kappa shape index (κ1) is 4.70. The van der Waals surface area contributed by atoms with Crippen LogP contribution in [0, 0.1) is 0 Å². The van der Waals surface area contributed by atoms with Gasteiger partial charge in [0, 0.05) is 0 Å². The van der Waals surface area contributed by atoms with Gasteiger partial charge in [0.15, 0.2) is 0 Å². The fourth-order valence-electron chi connectivity index (χ4n) is 0.901. The average molecular weight is 145 g/mol. The molecule has 0 nitrogen and oxygen atoms in total. The van der Waals surface area contributed by atoms with Crippen molar-refractivity contribution in [2.75, 3.05) is 0 Å². The third kappa shape index (κ3) is 0.781. The monoisotopic (exact) mass is 146 g/mol. The van der Waals surface area contributed by atoms with Gasteiger partial charge in [0.25, 0.3) is 0 Å². The molecule has 0 bridgehead atoms. The standard InChI is InChI=1S/C5H12Ge/c1-6-5-3-2-4-5/h5H,2-4,6H2,1H3. The molecular weight excluding hydrogens is 133 g/mol. The molecule has 1 rings (SSSR count). The molecule has 0 aromatic heterocycles. The van der Waals surface area contributed by atoms with E-state index in [0.29, 0.717) is 0 Å². The predicted molar refractivity (Wildman–Crippen MR) is 32.0 cm³/mol. The maximum atomic E-state index is 2.47. The first-order valence-electron chi connectivity index (χ1n) is 2.93. The van der Waals surface area contributed by atoms with Crippen LogP contribution in [0.2, 0.25) is 10.5 Å². The third-order valence-electron chi connectivity index (χ3n) is 1.80. The minimum atomic E-state index is 0.0781. The van der Waals surface area contributed by atoms with E-state index in [1.807, 2.05) is 0 Å². The molecule has 0 N–H and O–H groups in total. The summed E-state index contributed by atoms with van der Waals surface area (Å²) in [5.41, 5.74) is 0. The van der Waals surface area contributed by atoms with Gasteiger partial charge in [-0.15, -0.1) is 0 Å². The minimum absolute atomic E-state index is 0.0781. The summed E-state index contributed by atoms with van der Waals surface area (Å²) in [7, 11) is 0. The van der Waals surface area contributed by atoms with E-state index in [-0.39, 0.29) is 15.4 Å². The van der Waals surface area contributed by atoms with E-state index in [2.05, 4.69) is 5.76 Å². The van der Waals surface area contributed by atoms with E-state index in [9.17, 15) is 0 Å². The molecule has 0 saturated heterocycles. The van der Waals surface area contributed by atoms with E-state index < -0.39 is 0 Å². The van der Waals surface area contributed by atoms with Crippen LogP contribution in [0.15, 0.2) is 0 Å². The van der Waals surface area contributed by atoms with Crippen molar-refractivity contribution in [3.63, 3.8) is 0 Å². The Morgan fingerprint density at radius 1 is 1.50 bits per heavy atom. The normalized spacial score (nSPS) is 25.5. The molecule has 0 aromatic carbocycles. The molecule has 0 spiro atoms. The van der Waals surface area contributed by atoms with Gasteiger partial charge >= 0.3 is 45.2 Å². The molecule has 6 heavy (non-hydrogen) atoms. The van der Waals surface area contributed by atoms with Crippen LogP contribution in [-0.2, 0) is 0 Å². The molecule has 0 radical (unpaired) electrons. The zero-order valence-corrected chi connectivity index (χ0v) is 7.37. The molecule has 1 saturated carbocycles. The van der Waals surface area contributed by atoms with Crippen molar-refractivity contribution in [3.05, 3.63) is 0 Å². The summed E-state index contributed by atoms with van der Waals surface area (Å²) in [5.74, 6) is 2.47. The molecule has 1 fully saturated rings. The summed E-state index contributed by atoms with van der Waals surface area (Å²) in [6, 6.07) is 0. The van der Waals surface area contributed by atoms with Crippen LogP contribution < -0.4 is 0 Å². The average Bonchev–Trinajstić information content (AvgIpc) is 1.31. The van der Waals surface area contributed by atoms with Gasteiger partial charge in [0.05, 0.1) is 0 Å². The van der Waals surface area contributed by atoms with Crippen molar-refractivity contribution in [1.82, 2.24) is 0 Å². The summed E-state index contributed by atoms with van der Waals surface area (Å²) in [6.45, 7) is 0. The van der Waals surface area contributed by atoms with Gasteiger partial charge in [-0.05, 0) is 0 Å². The van der Waals surface area contributed by atoms with Gasteiger partial charge < -0.3 is 0 Å². The van der Waals surface area contributed by atoms with E-state index >= 15 is 0 Å². The second-order valence-corrected chi connectivity index (χ2v) is 6.34. The Kier molecular flexibility index (Phi) is 1.57. The van der Waals surface area contributed by atoms with Gasteiger partial charge in [0.1, 0.15) is 0 Å². The Labute approximate surface area is 45.8 Å². The zero-order chi connectivity index (χ0) is 4.41. The van der Waals surface area contributed by atoms with E-state index in [4.69, 9.17) is 0 Å². The van der Waals surface area contributed by atoms with Gasteiger partial charge in [0.2, 0.25) is 0 Å². The molecule has 0 aliphatic heterocycles. The maximum absolute atomic E-state index is 2.47. The topological polar surface area (TPSA) is 0 Å². The SMILES string of the molecule is [CH3][GeH2][CH]1CCC1. The van der Waals surface area contributed by atoms with Crippen molar-refractivity contribution in [1.29, 1.82) is 0 Å². The van der Waals surface area contributed by atoms with Crippen molar-refractivity contribution in [2.45, 2.75) is 29.8 Å². The van der Waals surface area contributed by atoms with E-state index in [1.54, 1.807) is 19.3 Å². The van der Waals surface area contributed by atoms with Crippen molar-refractivity contribution < 1.29 is 0 Å². The van der Waals surface area contributed by atoms with Crippen LogP contribution in [0.5, 0.6) is 0 Å². The molecule has 0 amide bonds. The molecule has 0 atom stereocenters. The number of rotatable bonds is 1. The van der Waals surface area contributed by atoms with Crippen LogP contribution in [0.4, 0.5) is 0 Å². The van der Waals surface area contributed by atoms with Crippen LogP contribution >= 0.6 is 0 Å². The summed E-state index contributed by atoms with van der Waals surface area (Å²) < 4.78 is 1.30. The Hall–Kier alpha value is 0.543. The van der Waals surface area contributed by atoms with Crippen LogP contribution in [0.25, 0.3) is 0 Å². The van der Waals surface area contributed by atoms with Crippen LogP contribution in [0.1, 0.15) is 19.3 Å². The second kappa shape index (κ2) is 2.01. The van der Waals surface area contributed by atoms with Gasteiger partial charge in [-0.3, -0.25) is 0 Å². The molecule has 0 unspecified atom stereocenters. The fraction of sp³-hybridized carbons (Fsp3) is 1.00. The Morgan fingerprint density at radius 2 is 2.17 bits per heavy atom. The molecule has 1 aliphatic carbocycles. The summed E-state index contributed by atoms with van der Waals surface area (Å²) in [5, 5.41) is 0. The van der Waals surface area contributed by atoms with E-state index in [0.717, 1.165) is 0 Å². The summed E-state index contributed by atoms with van der Waals surface area (Å²) in [6.07, 6.45) is 4.73. The predicted octanol–water partition coefficient (Wildman–Crippen LogP) is 1.18.